The second kappa shape index (κ2) is 5.42. The van der Waals surface area contributed by atoms with Gasteiger partial charge in [0.1, 0.15) is 11.0 Å². The summed E-state index contributed by atoms with van der Waals surface area (Å²) < 4.78 is 0. The summed E-state index contributed by atoms with van der Waals surface area (Å²) in [5.41, 5.74) is 2.03. The number of halogens is 1. The molecular formula is C16H15ClN4O. The minimum Gasteiger partial charge on any atom is -0.309 e. The highest BCUT2D eigenvalue weighted by Crippen LogP contribution is 2.38. The SMILES string of the molecule is C=Cc1cnc2c(c1)C(=O)N(C)c1ccc(Cl)nc1N2CC. The van der Waals surface area contributed by atoms with Crippen molar-refractivity contribution < 1.29 is 4.79 Å². The Kier molecular flexibility index (Phi) is 3.58. The zero-order valence-corrected chi connectivity index (χ0v) is 13.1. The number of carbonyl (C=O) groups is 1. The highest BCUT2D eigenvalue weighted by molar-refractivity contribution is 6.29. The van der Waals surface area contributed by atoms with Crippen LogP contribution < -0.4 is 9.80 Å². The van der Waals surface area contributed by atoms with E-state index in [1.807, 2.05) is 11.8 Å². The van der Waals surface area contributed by atoms with Crippen LogP contribution >= 0.6 is 11.6 Å². The Hall–Kier alpha value is -2.40. The molecule has 5 nitrogen and oxygen atoms in total. The zero-order chi connectivity index (χ0) is 15.9. The molecule has 0 unspecified atom stereocenters. The van der Waals surface area contributed by atoms with Crippen molar-refractivity contribution in [1.29, 1.82) is 0 Å². The van der Waals surface area contributed by atoms with E-state index in [4.69, 9.17) is 11.6 Å². The van der Waals surface area contributed by atoms with Crippen LogP contribution in [0, 0.1) is 0 Å². The Morgan fingerprint density at radius 1 is 1.36 bits per heavy atom. The van der Waals surface area contributed by atoms with Crippen molar-refractivity contribution in [3.63, 3.8) is 0 Å². The summed E-state index contributed by atoms with van der Waals surface area (Å²) >= 11 is 6.04. The van der Waals surface area contributed by atoms with Gasteiger partial charge in [0, 0.05) is 19.8 Å². The largest absolute Gasteiger partial charge is 0.309 e. The highest BCUT2D eigenvalue weighted by atomic mass is 35.5. The van der Waals surface area contributed by atoms with Gasteiger partial charge in [-0.1, -0.05) is 24.3 Å². The van der Waals surface area contributed by atoms with E-state index in [1.54, 1.807) is 42.4 Å². The molecule has 1 aliphatic heterocycles. The molecule has 0 fully saturated rings. The molecule has 1 aliphatic rings. The maximum absolute atomic E-state index is 12.8. The number of aromatic nitrogens is 2. The van der Waals surface area contributed by atoms with Crippen LogP contribution in [0.2, 0.25) is 5.15 Å². The molecular weight excluding hydrogens is 300 g/mol. The molecule has 0 saturated carbocycles. The molecule has 0 atom stereocenters. The van der Waals surface area contributed by atoms with Gasteiger partial charge in [-0.05, 0) is 30.7 Å². The fourth-order valence-corrected chi connectivity index (χ4v) is 2.67. The first kappa shape index (κ1) is 14.5. The van der Waals surface area contributed by atoms with Gasteiger partial charge >= 0.3 is 0 Å². The van der Waals surface area contributed by atoms with Crippen LogP contribution in [-0.4, -0.2) is 29.5 Å². The fraction of sp³-hybridized carbons (Fsp3) is 0.188. The summed E-state index contributed by atoms with van der Waals surface area (Å²) in [5.74, 6) is 1.08. The summed E-state index contributed by atoms with van der Waals surface area (Å²) in [6, 6.07) is 5.27. The zero-order valence-electron chi connectivity index (χ0n) is 12.4. The van der Waals surface area contributed by atoms with Crippen molar-refractivity contribution in [1.82, 2.24) is 9.97 Å². The Morgan fingerprint density at radius 2 is 2.14 bits per heavy atom. The number of nitrogens with zero attached hydrogens (tertiary/aromatic N) is 4. The molecule has 6 heteroatoms. The number of anilines is 3. The van der Waals surface area contributed by atoms with Gasteiger partial charge in [0.25, 0.3) is 5.91 Å². The second-order valence-corrected chi connectivity index (χ2v) is 5.32. The van der Waals surface area contributed by atoms with Gasteiger partial charge < -0.3 is 9.80 Å². The fourth-order valence-electron chi connectivity index (χ4n) is 2.53. The van der Waals surface area contributed by atoms with Gasteiger partial charge in [-0.2, -0.15) is 0 Å². The number of hydrogen-bond donors (Lipinski definition) is 0. The first-order valence-electron chi connectivity index (χ1n) is 6.91. The molecule has 0 radical (unpaired) electrons. The summed E-state index contributed by atoms with van der Waals surface area (Å²) in [7, 11) is 1.72. The minimum absolute atomic E-state index is 0.132. The van der Waals surface area contributed by atoms with Crippen molar-refractivity contribution >= 4 is 40.9 Å². The van der Waals surface area contributed by atoms with Crippen molar-refractivity contribution in [2.45, 2.75) is 6.92 Å². The molecule has 3 rings (SSSR count). The lowest BCUT2D eigenvalue weighted by Crippen LogP contribution is -2.25. The predicted molar refractivity (Wildman–Crippen MR) is 89.0 cm³/mol. The van der Waals surface area contributed by atoms with Crippen LogP contribution in [0.1, 0.15) is 22.8 Å². The number of carbonyl (C=O) groups excluding carboxylic acids is 1. The van der Waals surface area contributed by atoms with E-state index in [0.717, 1.165) is 5.56 Å². The summed E-state index contributed by atoms with van der Waals surface area (Å²) in [6.07, 6.45) is 3.36. The van der Waals surface area contributed by atoms with Crippen molar-refractivity contribution in [3.8, 4) is 0 Å². The molecule has 112 valence electrons. The Balaban J connectivity index is 2.31. The van der Waals surface area contributed by atoms with E-state index in [-0.39, 0.29) is 5.91 Å². The highest BCUT2D eigenvalue weighted by Gasteiger charge is 2.30. The topological polar surface area (TPSA) is 49.3 Å². The van der Waals surface area contributed by atoms with Gasteiger partial charge in [0.2, 0.25) is 0 Å². The number of hydrogen-bond acceptors (Lipinski definition) is 4. The van der Waals surface area contributed by atoms with Crippen LogP contribution in [0.4, 0.5) is 17.3 Å². The van der Waals surface area contributed by atoms with Crippen molar-refractivity contribution in [2.75, 3.05) is 23.4 Å². The molecule has 0 spiro atoms. The number of fused-ring (bicyclic) bond motifs is 2. The van der Waals surface area contributed by atoms with E-state index in [9.17, 15) is 4.79 Å². The van der Waals surface area contributed by atoms with E-state index < -0.39 is 0 Å². The summed E-state index contributed by atoms with van der Waals surface area (Å²) in [6.45, 7) is 6.33. The molecule has 3 heterocycles. The van der Waals surface area contributed by atoms with Gasteiger partial charge in [0.15, 0.2) is 5.82 Å². The van der Waals surface area contributed by atoms with E-state index >= 15 is 0 Å². The maximum Gasteiger partial charge on any atom is 0.261 e. The monoisotopic (exact) mass is 314 g/mol. The summed E-state index contributed by atoms with van der Waals surface area (Å²) in [5, 5.41) is 0.379. The van der Waals surface area contributed by atoms with Crippen molar-refractivity contribution in [3.05, 3.63) is 47.3 Å². The lowest BCUT2D eigenvalue weighted by atomic mass is 10.1. The molecule has 2 aromatic heterocycles. The minimum atomic E-state index is -0.132. The molecule has 1 amide bonds. The van der Waals surface area contributed by atoms with Crippen LogP contribution in [-0.2, 0) is 0 Å². The molecule has 0 saturated heterocycles. The number of rotatable bonds is 2. The quantitative estimate of drug-likeness (QED) is 0.796. The van der Waals surface area contributed by atoms with Gasteiger partial charge in [0.05, 0.1) is 11.3 Å². The number of pyridine rings is 2. The van der Waals surface area contributed by atoms with Crippen molar-refractivity contribution in [2.24, 2.45) is 0 Å². The van der Waals surface area contributed by atoms with Gasteiger partial charge in [-0.25, -0.2) is 9.97 Å². The standard InChI is InChI=1S/C16H15ClN4O/c1-4-10-8-11-14(18-9-10)21(5-2)15-12(20(3)16(11)22)6-7-13(17)19-15/h4,6-9H,1,5H2,2-3H3. The van der Waals surface area contributed by atoms with E-state index in [0.29, 0.717) is 34.6 Å². The molecule has 2 aromatic rings. The second-order valence-electron chi connectivity index (χ2n) is 4.93. The lowest BCUT2D eigenvalue weighted by Gasteiger charge is -2.22. The maximum atomic E-state index is 12.8. The molecule has 22 heavy (non-hydrogen) atoms. The van der Waals surface area contributed by atoms with Crippen LogP contribution in [0.25, 0.3) is 6.08 Å². The Morgan fingerprint density at radius 3 is 2.82 bits per heavy atom. The Labute approximate surface area is 133 Å². The smallest absolute Gasteiger partial charge is 0.261 e. The number of amides is 1. The van der Waals surface area contributed by atoms with Gasteiger partial charge in [-0.15, -0.1) is 0 Å². The van der Waals surface area contributed by atoms with Crippen LogP contribution in [0.15, 0.2) is 31.0 Å². The third kappa shape index (κ3) is 2.14. The lowest BCUT2D eigenvalue weighted by molar-refractivity contribution is 0.0994. The third-order valence-corrected chi connectivity index (χ3v) is 3.88. The average molecular weight is 315 g/mol. The Bertz CT molecular complexity index is 775. The first-order chi connectivity index (χ1) is 10.6. The van der Waals surface area contributed by atoms with Crippen LogP contribution in [0.3, 0.4) is 0 Å². The normalized spacial score (nSPS) is 13.5. The predicted octanol–water partition coefficient (Wildman–Crippen LogP) is 3.52. The molecule has 0 aromatic carbocycles. The molecule has 0 N–H and O–H groups in total. The summed E-state index contributed by atoms with van der Waals surface area (Å²) in [4.78, 5) is 25.1. The molecule has 0 aliphatic carbocycles. The van der Waals surface area contributed by atoms with Gasteiger partial charge in [-0.3, -0.25) is 4.79 Å². The third-order valence-electron chi connectivity index (χ3n) is 3.67. The van der Waals surface area contributed by atoms with E-state index in [2.05, 4.69) is 16.5 Å². The van der Waals surface area contributed by atoms with Crippen LogP contribution in [0.5, 0.6) is 0 Å². The van der Waals surface area contributed by atoms with E-state index in [1.165, 1.54) is 0 Å². The average Bonchev–Trinajstić information content (AvgIpc) is 2.62. The molecule has 0 bridgehead atoms. The first-order valence-corrected chi connectivity index (χ1v) is 7.29.